The van der Waals surface area contributed by atoms with Gasteiger partial charge in [-0.25, -0.2) is 9.78 Å². The third-order valence-corrected chi connectivity index (χ3v) is 5.74. The maximum absolute atomic E-state index is 12.9. The molecule has 1 aliphatic rings. The number of amides is 2. The lowest BCUT2D eigenvalue weighted by Crippen LogP contribution is -2.45. The van der Waals surface area contributed by atoms with Crippen LogP contribution in [0.5, 0.6) is 0 Å². The van der Waals surface area contributed by atoms with Crippen molar-refractivity contribution >= 4 is 16.9 Å². The van der Waals surface area contributed by atoms with Gasteiger partial charge in [-0.15, -0.1) is 0 Å². The van der Waals surface area contributed by atoms with Crippen molar-refractivity contribution in [3.05, 3.63) is 53.7 Å². The lowest BCUT2D eigenvalue weighted by atomic mass is 10.0. The van der Waals surface area contributed by atoms with Crippen molar-refractivity contribution in [1.82, 2.24) is 24.8 Å². The number of fused-ring (bicyclic) bond motifs is 1. The number of imidazole rings is 1. The number of nitrogens with one attached hydrogen (secondary N) is 2. The van der Waals surface area contributed by atoms with Crippen molar-refractivity contribution in [3.8, 4) is 0 Å². The Morgan fingerprint density at radius 3 is 3.11 bits per heavy atom. The first-order valence-corrected chi connectivity index (χ1v) is 10.3. The van der Waals surface area contributed by atoms with Gasteiger partial charge in [-0.2, -0.15) is 0 Å². The van der Waals surface area contributed by atoms with Gasteiger partial charge in [0.15, 0.2) is 0 Å². The van der Waals surface area contributed by atoms with Crippen molar-refractivity contribution < 1.29 is 4.79 Å². The molecule has 0 saturated carbocycles. The lowest BCUT2D eigenvalue weighted by Gasteiger charge is -2.35. The number of hydrogen-bond donors (Lipinski definition) is 2. The summed E-state index contributed by atoms with van der Waals surface area (Å²) in [5.74, 6) is 1.00. The predicted molar refractivity (Wildman–Crippen MR) is 111 cm³/mol. The molecule has 4 rings (SSSR count). The summed E-state index contributed by atoms with van der Waals surface area (Å²) in [5.41, 5.74) is 3.65. The van der Waals surface area contributed by atoms with Crippen LogP contribution in [0.25, 0.3) is 10.9 Å². The molecule has 1 fully saturated rings. The maximum Gasteiger partial charge on any atom is 0.318 e. The van der Waals surface area contributed by atoms with Gasteiger partial charge in [0.05, 0.1) is 6.04 Å². The number of aromatic amines is 1. The zero-order valence-electron chi connectivity index (χ0n) is 16.7. The summed E-state index contributed by atoms with van der Waals surface area (Å²) in [6, 6.07) is 6.53. The molecule has 1 atom stereocenters. The van der Waals surface area contributed by atoms with E-state index in [4.69, 9.17) is 0 Å². The first-order chi connectivity index (χ1) is 13.7. The number of benzene rings is 1. The summed E-state index contributed by atoms with van der Waals surface area (Å²) >= 11 is 0. The fourth-order valence-electron chi connectivity index (χ4n) is 4.24. The number of urea groups is 1. The highest BCUT2D eigenvalue weighted by Gasteiger charge is 2.30. The first-order valence-electron chi connectivity index (χ1n) is 10.3. The molecule has 2 aromatic heterocycles. The van der Waals surface area contributed by atoms with Crippen molar-refractivity contribution in [2.45, 2.75) is 52.1 Å². The molecule has 2 amide bonds. The highest BCUT2D eigenvalue weighted by Crippen LogP contribution is 2.30. The molecule has 3 aromatic rings. The van der Waals surface area contributed by atoms with E-state index in [1.807, 2.05) is 17.3 Å². The van der Waals surface area contributed by atoms with Crippen LogP contribution in [0.4, 0.5) is 4.79 Å². The number of likely N-dealkylation sites (tertiary alicyclic amines) is 1. The van der Waals surface area contributed by atoms with Crippen LogP contribution in [0.15, 0.2) is 36.8 Å². The molecule has 0 spiro atoms. The standard InChI is InChI=1S/C22H29N5O/c1-3-26-13-11-23-21(26)20-6-4-5-12-27(20)22(28)24-10-9-17-15-25-19-14-16(2)7-8-18(17)19/h7-8,11,13-15,20,25H,3-6,9-10,12H2,1-2H3,(H,24,28). The number of aromatic nitrogens is 3. The van der Waals surface area contributed by atoms with Crippen molar-refractivity contribution in [1.29, 1.82) is 0 Å². The van der Waals surface area contributed by atoms with E-state index in [1.54, 1.807) is 0 Å². The minimum Gasteiger partial charge on any atom is -0.361 e. The van der Waals surface area contributed by atoms with Gasteiger partial charge in [0.25, 0.3) is 0 Å². The van der Waals surface area contributed by atoms with E-state index in [9.17, 15) is 4.79 Å². The summed E-state index contributed by atoms with van der Waals surface area (Å²) in [6.45, 7) is 6.51. The molecule has 6 heteroatoms. The number of carbonyl (C=O) groups excluding carboxylic acids is 1. The highest BCUT2D eigenvalue weighted by atomic mass is 16.2. The Kier molecular flexibility index (Phi) is 5.37. The highest BCUT2D eigenvalue weighted by molar-refractivity contribution is 5.84. The fraction of sp³-hybridized carbons (Fsp3) is 0.455. The summed E-state index contributed by atoms with van der Waals surface area (Å²) in [4.78, 5) is 22.8. The average Bonchev–Trinajstić information content (AvgIpc) is 3.34. The molecule has 6 nitrogen and oxygen atoms in total. The predicted octanol–water partition coefficient (Wildman–Crippen LogP) is 4.17. The van der Waals surface area contributed by atoms with Crippen LogP contribution in [-0.4, -0.2) is 38.6 Å². The van der Waals surface area contributed by atoms with E-state index < -0.39 is 0 Å². The normalized spacial score (nSPS) is 17.2. The second-order valence-corrected chi connectivity index (χ2v) is 7.62. The number of nitrogens with zero attached hydrogens (tertiary/aromatic N) is 3. The van der Waals surface area contributed by atoms with E-state index in [2.05, 4.69) is 58.1 Å². The van der Waals surface area contributed by atoms with Crippen LogP contribution in [0.2, 0.25) is 0 Å². The van der Waals surface area contributed by atoms with Crippen LogP contribution in [-0.2, 0) is 13.0 Å². The van der Waals surface area contributed by atoms with E-state index >= 15 is 0 Å². The van der Waals surface area contributed by atoms with Gasteiger partial charge in [-0.1, -0.05) is 12.1 Å². The maximum atomic E-state index is 12.9. The lowest BCUT2D eigenvalue weighted by molar-refractivity contribution is 0.146. The van der Waals surface area contributed by atoms with Gasteiger partial charge in [0.2, 0.25) is 0 Å². The van der Waals surface area contributed by atoms with Crippen molar-refractivity contribution in [2.75, 3.05) is 13.1 Å². The number of rotatable bonds is 5. The topological polar surface area (TPSA) is 66.0 Å². The Bertz CT molecular complexity index is 957. The third kappa shape index (κ3) is 3.63. The summed E-state index contributed by atoms with van der Waals surface area (Å²) in [5, 5.41) is 4.37. The molecule has 1 aliphatic heterocycles. The third-order valence-electron chi connectivity index (χ3n) is 5.74. The van der Waals surface area contributed by atoms with Crippen LogP contribution >= 0.6 is 0 Å². The minimum absolute atomic E-state index is 0.0195. The Hall–Kier alpha value is -2.76. The monoisotopic (exact) mass is 379 g/mol. The average molecular weight is 380 g/mol. The number of piperidine rings is 1. The Balaban J connectivity index is 1.40. The number of hydrogen-bond acceptors (Lipinski definition) is 2. The number of aryl methyl sites for hydroxylation is 2. The minimum atomic E-state index is 0.0195. The molecular weight excluding hydrogens is 350 g/mol. The van der Waals surface area contributed by atoms with Crippen molar-refractivity contribution in [3.63, 3.8) is 0 Å². The molecule has 0 radical (unpaired) electrons. The summed E-state index contributed by atoms with van der Waals surface area (Å²) in [7, 11) is 0. The molecule has 28 heavy (non-hydrogen) atoms. The Labute approximate surface area is 165 Å². The van der Waals surface area contributed by atoms with E-state index in [0.29, 0.717) is 6.54 Å². The van der Waals surface area contributed by atoms with Crippen LogP contribution in [0.1, 0.15) is 49.2 Å². The molecule has 148 valence electrons. The zero-order chi connectivity index (χ0) is 19.5. The quantitative estimate of drug-likeness (QED) is 0.699. The van der Waals surface area contributed by atoms with Gasteiger partial charge in [0.1, 0.15) is 5.82 Å². The molecule has 1 aromatic carbocycles. The van der Waals surface area contributed by atoms with Gasteiger partial charge in [-0.05, 0) is 56.7 Å². The molecule has 1 unspecified atom stereocenters. The fourth-order valence-corrected chi connectivity index (χ4v) is 4.24. The van der Waals surface area contributed by atoms with E-state index in [-0.39, 0.29) is 12.1 Å². The molecule has 0 aliphatic carbocycles. The van der Waals surface area contributed by atoms with Crippen LogP contribution in [0.3, 0.4) is 0 Å². The summed E-state index contributed by atoms with van der Waals surface area (Å²) < 4.78 is 2.14. The van der Waals surface area contributed by atoms with E-state index in [0.717, 1.165) is 50.1 Å². The van der Waals surface area contributed by atoms with Gasteiger partial charge in [-0.3, -0.25) is 0 Å². The molecule has 3 heterocycles. The second-order valence-electron chi connectivity index (χ2n) is 7.62. The number of H-pyrrole nitrogens is 1. The Morgan fingerprint density at radius 2 is 2.25 bits per heavy atom. The Morgan fingerprint density at radius 1 is 1.36 bits per heavy atom. The SMILES string of the molecule is CCn1ccnc1C1CCCCN1C(=O)NCCc1c[nH]c2cc(C)ccc12. The smallest absolute Gasteiger partial charge is 0.318 e. The second kappa shape index (κ2) is 8.09. The zero-order valence-corrected chi connectivity index (χ0v) is 16.7. The van der Waals surface area contributed by atoms with Crippen LogP contribution < -0.4 is 5.32 Å². The van der Waals surface area contributed by atoms with Gasteiger partial charge < -0.3 is 19.8 Å². The first kappa shape index (κ1) is 18.6. The largest absolute Gasteiger partial charge is 0.361 e. The van der Waals surface area contributed by atoms with Gasteiger partial charge in [0, 0.05) is 49.1 Å². The van der Waals surface area contributed by atoms with E-state index in [1.165, 1.54) is 16.5 Å². The molecular formula is C22H29N5O. The summed E-state index contributed by atoms with van der Waals surface area (Å²) in [6.07, 6.45) is 9.88. The molecule has 1 saturated heterocycles. The van der Waals surface area contributed by atoms with Crippen molar-refractivity contribution in [2.24, 2.45) is 0 Å². The molecule has 2 N–H and O–H groups in total. The number of carbonyl (C=O) groups is 1. The molecule has 0 bridgehead atoms. The van der Waals surface area contributed by atoms with Crippen LogP contribution in [0, 0.1) is 6.92 Å². The van der Waals surface area contributed by atoms with Gasteiger partial charge >= 0.3 is 6.03 Å².